The van der Waals surface area contributed by atoms with Crippen LogP contribution in [0, 0.1) is 5.92 Å². The van der Waals surface area contributed by atoms with E-state index < -0.39 is 0 Å². The van der Waals surface area contributed by atoms with Crippen LogP contribution in [0.5, 0.6) is 0 Å². The maximum absolute atomic E-state index is 4.97. The molecule has 1 aromatic carbocycles. The third kappa shape index (κ3) is 6.49. The Bertz CT molecular complexity index is 574. The van der Waals surface area contributed by atoms with Gasteiger partial charge in [0.25, 0.3) is 0 Å². The molecule has 2 aliphatic heterocycles. The van der Waals surface area contributed by atoms with Gasteiger partial charge in [-0.15, -0.1) is 0 Å². The number of likely N-dealkylation sites (tertiary alicyclic amines) is 2. The predicted octanol–water partition coefficient (Wildman–Crippen LogP) is 3.11. The first-order chi connectivity index (χ1) is 13.8. The van der Waals surface area contributed by atoms with Gasteiger partial charge in [0.2, 0.25) is 0 Å². The number of benzene rings is 1. The van der Waals surface area contributed by atoms with Crippen LogP contribution in [0.2, 0.25) is 0 Å². The van der Waals surface area contributed by atoms with Gasteiger partial charge < -0.3 is 15.5 Å². The fourth-order valence-corrected chi connectivity index (χ4v) is 4.43. The second-order valence-corrected chi connectivity index (χ2v) is 8.35. The van der Waals surface area contributed by atoms with Crippen molar-refractivity contribution in [2.24, 2.45) is 10.9 Å². The van der Waals surface area contributed by atoms with Gasteiger partial charge >= 0.3 is 0 Å². The van der Waals surface area contributed by atoms with Crippen molar-refractivity contribution in [3.63, 3.8) is 0 Å². The largest absolute Gasteiger partial charge is 0.357 e. The molecular weight excluding hydrogens is 346 g/mol. The van der Waals surface area contributed by atoms with E-state index in [2.05, 4.69) is 64.7 Å². The number of nitrogens with one attached hydrogen (secondary N) is 2. The summed E-state index contributed by atoms with van der Waals surface area (Å²) in [5.74, 6) is 1.82. The van der Waals surface area contributed by atoms with Gasteiger partial charge in [0.05, 0.1) is 12.6 Å². The quantitative estimate of drug-likeness (QED) is 0.533. The minimum atomic E-state index is 0.382. The van der Waals surface area contributed by atoms with E-state index in [1.807, 2.05) is 0 Å². The van der Waals surface area contributed by atoms with Gasteiger partial charge in [-0.3, -0.25) is 9.89 Å². The summed E-state index contributed by atoms with van der Waals surface area (Å²) in [4.78, 5) is 10.0. The molecule has 1 aromatic rings. The van der Waals surface area contributed by atoms with Gasteiger partial charge in [0.1, 0.15) is 0 Å². The molecule has 1 unspecified atom stereocenters. The van der Waals surface area contributed by atoms with E-state index >= 15 is 0 Å². The highest BCUT2D eigenvalue weighted by molar-refractivity contribution is 5.79. The zero-order chi connectivity index (χ0) is 19.6. The summed E-state index contributed by atoms with van der Waals surface area (Å²) in [6.07, 6.45) is 6.52. The van der Waals surface area contributed by atoms with Crippen LogP contribution in [-0.4, -0.2) is 68.6 Å². The van der Waals surface area contributed by atoms with Crippen LogP contribution in [0.1, 0.15) is 50.6 Å². The topological polar surface area (TPSA) is 42.9 Å². The second kappa shape index (κ2) is 11.4. The second-order valence-electron chi connectivity index (χ2n) is 8.35. The molecule has 2 saturated heterocycles. The number of guanidine groups is 1. The van der Waals surface area contributed by atoms with Crippen molar-refractivity contribution in [1.82, 2.24) is 20.4 Å². The van der Waals surface area contributed by atoms with E-state index in [0.717, 1.165) is 31.5 Å². The van der Waals surface area contributed by atoms with Gasteiger partial charge in [-0.1, -0.05) is 30.3 Å². The number of nitrogens with zero attached hydrogens (tertiary/aromatic N) is 3. The van der Waals surface area contributed by atoms with Crippen LogP contribution < -0.4 is 10.6 Å². The highest BCUT2D eigenvalue weighted by Crippen LogP contribution is 2.25. The normalized spacial score (nSPS) is 21.0. The molecule has 2 N–H and O–H groups in total. The van der Waals surface area contributed by atoms with E-state index in [-0.39, 0.29) is 0 Å². The average Bonchev–Trinajstić information content (AvgIpc) is 3.25. The molecule has 0 aliphatic carbocycles. The van der Waals surface area contributed by atoms with Crippen molar-refractivity contribution in [2.45, 2.75) is 45.1 Å². The number of rotatable bonds is 8. The SMILES string of the molecule is CCNC(=NCC(c1ccccc1)N1CCCC1)NCCC1CCN(C)CC1. The Hall–Kier alpha value is -1.59. The summed E-state index contributed by atoms with van der Waals surface area (Å²) in [7, 11) is 2.23. The number of aliphatic imine (C=N–C) groups is 1. The third-order valence-corrected chi connectivity index (χ3v) is 6.22. The van der Waals surface area contributed by atoms with E-state index in [1.54, 1.807) is 0 Å². The van der Waals surface area contributed by atoms with Crippen molar-refractivity contribution in [3.8, 4) is 0 Å². The Morgan fingerprint density at radius 2 is 1.79 bits per heavy atom. The predicted molar refractivity (Wildman–Crippen MR) is 119 cm³/mol. The summed E-state index contributed by atoms with van der Waals surface area (Å²) < 4.78 is 0. The molecule has 0 spiro atoms. The molecule has 2 fully saturated rings. The van der Waals surface area contributed by atoms with Crippen molar-refractivity contribution in [1.29, 1.82) is 0 Å². The highest BCUT2D eigenvalue weighted by Gasteiger charge is 2.23. The van der Waals surface area contributed by atoms with Crippen molar-refractivity contribution in [3.05, 3.63) is 35.9 Å². The molecule has 0 amide bonds. The number of hydrogen-bond donors (Lipinski definition) is 2. The van der Waals surface area contributed by atoms with Crippen LogP contribution in [-0.2, 0) is 0 Å². The van der Waals surface area contributed by atoms with E-state index in [9.17, 15) is 0 Å². The first-order valence-corrected chi connectivity index (χ1v) is 11.3. The molecular formula is C23H39N5. The van der Waals surface area contributed by atoms with Crippen molar-refractivity contribution >= 4 is 5.96 Å². The van der Waals surface area contributed by atoms with Crippen molar-refractivity contribution < 1.29 is 0 Å². The Kier molecular flexibility index (Phi) is 8.62. The molecule has 5 nitrogen and oxygen atoms in total. The number of piperidine rings is 1. The molecule has 28 heavy (non-hydrogen) atoms. The summed E-state index contributed by atoms with van der Waals surface area (Å²) in [6, 6.07) is 11.3. The summed E-state index contributed by atoms with van der Waals surface area (Å²) >= 11 is 0. The first-order valence-electron chi connectivity index (χ1n) is 11.3. The van der Waals surface area contributed by atoms with Crippen molar-refractivity contribution in [2.75, 3.05) is 52.9 Å². The van der Waals surface area contributed by atoms with E-state index in [4.69, 9.17) is 4.99 Å². The fraction of sp³-hybridized carbons (Fsp3) is 0.696. The van der Waals surface area contributed by atoms with Crippen LogP contribution >= 0.6 is 0 Å². The molecule has 0 radical (unpaired) electrons. The van der Waals surface area contributed by atoms with Crippen LogP contribution in [0.15, 0.2) is 35.3 Å². The van der Waals surface area contributed by atoms with E-state index in [1.165, 1.54) is 63.8 Å². The molecule has 0 aromatic heterocycles. The molecule has 0 saturated carbocycles. The number of hydrogen-bond acceptors (Lipinski definition) is 3. The Morgan fingerprint density at radius 1 is 1.07 bits per heavy atom. The van der Waals surface area contributed by atoms with Gasteiger partial charge in [-0.2, -0.15) is 0 Å². The Morgan fingerprint density at radius 3 is 2.46 bits per heavy atom. The molecule has 2 aliphatic rings. The summed E-state index contributed by atoms with van der Waals surface area (Å²) in [6.45, 7) is 9.74. The van der Waals surface area contributed by atoms with Gasteiger partial charge in [0.15, 0.2) is 5.96 Å². The zero-order valence-corrected chi connectivity index (χ0v) is 17.9. The Balaban J connectivity index is 1.55. The van der Waals surface area contributed by atoms with Crippen LogP contribution in [0.25, 0.3) is 0 Å². The standard InChI is InChI=1S/C23H39N5/c1-3-24-23(25-14-11-20-12-17-27(2)18-13-20)26-19-22(28-15-7-8-16-28)21-9-5-4-6-10-21/h4-6,9-10,20,22H,3,7-8,11-19H2,1-2H3,(H2,24,25,26). The lowest BCUT2D eigenvalue weighted by molar-refractivity contribution is 0.213. The van der Waals surface area contributed by atoms with Gasteiger partial charge in [-0.25, -0.2) is 0 Å². The van der Waals surface area contributed by atoms with Crippen LogP contribution in [0.4, 0.5) is 0 Å². The van der Waals surface area contributed by atoms with Gasteiger partial charge in [-0.05, 0) is 83.7 Å². The average molecular weight is 386 g/mol. The maximum Gasteiger partial charge on any atom is 0.191 e. The third-order valence-electron chi connectivity index (χ3n) is 6.22. The maximum atomic E-state index is 4.97. The lowest BCUT2D eigenvalue weighted by atomic mass is 9.94. The smallest absolute Gasteiger partial charge is 0.191 e. The molecule has 3 rings (SSSR count). The highest BCUT2D eigenvalue weighted by atomic mass is 15.2. The zero-order valence-electron chi connectivity index (χ0n) is 17.9. The minimum absolute atomic E-state index is 0.382. The minimum Gasteiger partial charge on any atom is -0.357 e. The van der Waals surface area contributed by atoms with E-state index in [0.29, 0.717) is 6.04 Å². The molecule has 2 heterocycles. The summed E-state index contributed by atoms with van der Waals surface area (Å²) in [5.41, 5.74) is 1.38. The Labute approximate surface area is 171 Å². The summed E-state index contributed by atoms with van der Waals surface area (Å²) in [5, 5.41) is 7.02. The van der Waals surface area contributed by atoms with Gasteiger partial charge in [0, 0.05) is 13.1 Å². The first kappa shape index (κ1) is 21.1. The lowest BCUT2D eigenvalue weighted by Gasteiger charge is -2.29. The molecule has 0 bridgehead atoms. The lowest BCUT2D eigenvalue weighted by Crippen LogP contribution is -2.40. The molecule has 5 heteroatoms. The molecule has 156 valence electrons. The fourth-order valence-electron chi connectivity index (χ4n) is 4.43. The van der Waals surface area contributed by atoms with Crippen LogP contribution in [0.3, 0.4) is 0 Å². The monoisotopic (exact) mass is 385 g/mol. The molecule has 1 atom stereocenters.